The molecule has 1 fully saturated rings. The molecule has 1 heterocycles. The van der Waals surface area contributed by atoms with Gasteiger partial charge >= 0.3 is 0 Å². The Morgan fingerprint density at radius 2 is 2.07 bits per heavy atom. The molecule has 1 aromatic heterocycles. The smallest absolute Gasteiger partial charge is 0.222 e. The molecule has 3 nitrogen and oxygen atoms in total. The molecular weight excluding hydrogens is 181 g/mol. The van der Waals surface area contributed by atoms with Crippen molar-refractivity contribution in [1.29, 1.82) is 0 Å². The fourth-order valence-electron chi connectivity index (χ4n) is 1.54. The van der Waals surface area contributed by atoms with Gasteiger partial charge in [-0.05, 0) is 17.8 Å². The highest BCUT2D eigenvalue weighted by Gasteiger charge is 2.45. The summed E-state index contributed by atoms with van der Waals surface area (Å²) in [5, 5.41) is 3.10. The van der Waals surface area contributed by atoms with E-state index in [1.54, 1.807) is 0 Å². The Morgan fingerprint density at radius 1 is 1.50 bits per heavy atom. The first-order valence-electron chi connectivity index (χ1n) is 4.79. The minimum absolute atomic E-state index is 0.401. The van der Waals surface area contributed by atoms with Crippen molar-refractivity contribution in [2.75, 3.05) is 11.9 Å². The lowest BCUT2D eigenvalue weighted by Gasteiger charge is -2.05. The second-order valence-corrected chi connectivity index (χ2v) is 4.50. The topological polar surface area (TPSA) is 37.8 Å². The molecule has 1 aliphatic carbocycles. The van der Waals surface area contributed by atoms with E-state index in [1.165, 1.54) is 18.8 Å². The predicted molar refractivity (Wildman–Crippen MR) is 52.4 cm³/mol. The summed E-state index contributed by atoms with van der Waals surface area (Å²) in [7, 11) is 0. The van der Waals surface area contributed by atoms with Crippen molar-refractivity contribution >= 4 is 5.95 Å². The number of hydrogen-bond acceptors (Lipinski definition) is 3. The Labute approximate surface area is 82.8 Å². The molecule has 1 atom stereocenters. The Balaban J connectivity index is 1.84. The number of aromatic nitrogens is 2. The van der Waals surface area contributed by atoms with E-state index in [2.05, 4.69) is 29.1 Å². The maximum Gasteiger partial charge on any atom is 0.222 e. The molecule has 1 aromatic rings. The van der Waals surface area contributed by atoms with Gasteiger partial charge in [0.05, 0.1) is 12.4 Å². The van der Waals surface area contributed by atoms with Gasteiger partial charge < -0.3 is 5.32 Å². The van der Waals surface area contributed by atoms with Crippen LogP contribution in [0.15, 0.2) is 12.4 Å². The molecular formula is C10H14FN3. The van der Waals surface area contributed by atoms with Crippen LogP contribution in [-0.2, 0) is 0 Å². The van der Waals surface area contributed by atoms with Crippen molar-refractivity contribution < 1.29 is 4.39 Å². The Hall–Kier alpha value is -1.19. The second-order valence-electron chi connectivity index (χ2n) is 4.50. The highest BCUT2D eigenvalue weighted by molar-refractivity contribution is 5.23. The number of nitrogens with one attached hydrogen (secondary N) is 1. The van der Waals surface area contributed by atoms with Gasteiger partial charge in [0, 0.05) is 6.54 Å². The average Bonchev–Trinajstić information content (AvgIpc) is 2.73. The molecule has 76 valence electrons. The van der Waals surface area contributed by atoms with Gasteiger partial charge in [-0.25, -0.2) is 14.4 Å². The first-order valence-corrected chi connectivity index (χ1v) is 4.79. The van der Waals surface area contributed by atoms with E-state index >= 15 is 0 Å². The Morgan fingerprint density at radius 3 is 2.57 bits per heavy atom. The summed E-state index contributed by atoms with van der Waals surface area (Å²) >= 11 is 0. The number of anilines is 1. The van der Waals surface area contributed by atoms with E-state index in [4.69, 9.17) is 0 Å². The quantitative estimate of drug-likeness (QED) is 0.802. The van der Waals surface area contributed by atoms with Crippen LogP contribution >= 0.6 is 0 Å². The van der Waals surface area contributed by atoms with E-state index in [1.807, 2.05) is 0 Å². The van der Waals surface area contributed by atoms with Crippen LogP contribution in [0.3, 0.4) is 0 Å². The maximum atomic E-state index is 12.5. The lowest BCUT2D eigenvalue weighted by molar-refractivity contribution is 0.571. The summed E-state index contributed by atoms with van der Waals surface area (Å²) in [5.41, 5.74) is 0.451. The van der Waals surface area contributed by atoms with Crippen LogP contribution in [0.25, 0.3) is 0 Å². The molecule has 0 amide bonds. The molecule has 0 spiro atoms. The Kier molecular flexibility index (Phi) is 2.13. The zero-order valence-corrected chi connectivity index (χ0v) is 8.42. The molecule has 0 bridgehead atoms. The predicted octanol–water partition coefficient (Wildman–Crippen LogP) is 2.07. The van der Waals surface area contributed by atoms with Gasteiger partial charge in [-0.1, -0.05) is 13.8 Å². The molecule has 1 saturated carbocycles. The molecule has 1 unspecified atom stereocenters. The summed E-state index contributed by atoms with van der Waals surface area (Å²) < 4.78 is 12.5. The van der Waals surface area contributed by atoms with Crippen LogP contribution in [0.4, 0.5) is 10.3 Å². The molecule has 1 N–H and O–H groups in total. The van der Waals surface area contributed by atoms with E-state index < -0.39 is 5.82 Å². The normalized spacial score (nSPS) is 23.2. The monoisotopic (exact) mass is 195 g/mol. The van der Waals surface area contributed by atoms with Crippen LogP contribution in [0.5, 0.6) is 0 Å². The van der Waals surface area contributed by atoms with Gasteiger partial charge in [0.25, 0.3) is 0 Å². The lowest BCUT2D eigenvalue weighted by atomic mass is 10.1. The zero-order valence-electron chi connectivity index (χ0n) is 8.42. The molecule has 1 aliphatic rings. The largest absolute Gasteiger partial charge is 0.354 e. The molecule has 14 heavy (non-hydrogen) atoms. The summed E-state index contributed by atoms with van der Waals surface area (Å²) in [5.74, 6) is 0.799. The first kappa shape index (κ1) is 9.37. The van der Waals surface area contributed by atoms with Gasteiger partial charge in [-0.2, -0.15) is 0 Å². The number of nitrogens with zero attached hydrogens (tertiary/aromatic N) is 2. The SMILES string of the molecule is CC1(C)CC1CNc1ncc(F)cn1. The van der Waals surface area contributed by atoms with Crippen molar-refractivity contribution in [2.45, 2.75) is 20.3 Å². The number of rotatable bonds is 3. The number of halogens is 1. The van der Waals surface area contributed by atoms with Crippen LogP contribution in [0, 0.1) is 17.2 Å². The summed E-state index contributed by atoms with van der Waals surface area (Å²) in [6.45, 7) is 5.36. The number of hydrogen-bond donors (Lipinski definition) is 1. The van der Waals surface area contributed by atoms with Gasteiger partial charge in [0.1, 0.15) is 0 Å². The molecule has 0 aromatic carbocycles. The zero-order chi connectivity index (χ0) is 10.2. The minimum Gasteiger partial charge on any atom is -0.354 e. The van der Waals surface area contributed by atoms with Gasteiger partial charge in [-0.15, -0.1) is 0 Å². The van der Waals surface area contributed by atoms with Gasteiger partial charge in [0.15, 0.2) is 5.82 Å². The summed E-state index contributed by atoms with van der Waals surface area (Å²) in [6, 6.07) is 0. The third-order valence-corrected chi connectivity index (χ3v) is 2.84. The van der Waals surface area contributed by atoms with Crippen molar-refractivity contribution in [2.24, 2.45) is 11.3 Å². The van der Waals surface area contributed by atoms with Crippen LogP contribution in [-0.4, -0.2) is 16.5 Å². The minimum atomic E-state index is -0.401. The third-order valence-electron chi connectivity index (χ3n) is 2.84. The highest BCUT2D eigenvalue weighted by Crippen LogP contribution is 2.51. The standard InChI is InChI=1S/C10H14FN3/c1-10(2)3-7(10)4-12-9-13-5-8(11)6-14-9/h5-7H,3-4H2,1-2H3,(H,12,13,14). The van der Waals surface area contributed by atoms with Crippen molar-refractivity contribution in [3.05, 3.63) is 18.2 Å². The molecule has 0 saturated heterocycles. The molecule has 4 heteroatoms. The van der Waals surface area contributed by atoms with Crippen LogP contribution < -0.4 is 5.32 Å². The first-order chi connectivity index (χ1) is 6.58. The van der Waals surface area contributed by atoms with Crippen molar-refractivity contribution in [3.63, 3.8) is 0 Å². The maximum absolute atomic E-state index is 12.5. The molecule has 0 radical (unpaired) electrons. The Bertz CT molecular complexity index is 321. The van der Waals surface area contributed by atoms with Crippen molar-refractivity contribution in [3.8, 4) is 0 Å². The summed E-state index contributed by atoms with van der Waals surface area (Å²) in [6.07, 6.45) is 3.59. The fraction of sp³-hybridized carbons (Fsp3) is 0.600. The van der Waals surface area contributed by atoms with Gasteiger partial charge in [0.2, 0.25) is 5.95 Å². The second kappa shape index (κ2) is 3.19. The molecule has 0 aliphatic heterocycles. The molecule has 2 rings (SSSR count). The van der Waals surface area contributed by atoms with Crippen molar-refractivity contribution in [1.82, 2.24) is 9.97 Å². The van der Waals surface area contributed by atoms with Crippen LogP contribution in [0.2, 0.25) is 0 Å². The van der Waals surface area contributed by atoms with Crippen LogP contribution in [0.1, 0.15) is 20.3 Å². The third kappa shape index (κ3) is 2.00. The van der Waals surface area contributed by atoms with E-state index in [-0.39, 0.29) is 0 Å². The highest BCUT2D eigenvalue weighted by atomic mass is 19.1. The lowest BCUT2D eigenvalue weighted by Crippen LogP contribution is -2.09. The summed E-state index contributed by atoms with van der Waals surface area (Å²) in [4.78, 5) is 7.66. The van der Waals surface area contributed by atoms with Gasteiger partial charge in [-0.3, -0.25) is 0 Å². The van der Waals surface area contributed by atoms with E-state index in [0.29, 0.717) is 17.3 Å². The van der Waals surface area contributed by atoms with E-state index in [0.717, 1.165) is 6.54 Å². The average molecular weight is 195 g/mol. The fourth-order valence-corrected chi connectivity index (χ4v) is 1.54. The van der Waals surface area contributed by atoms with E-state index in [9.17, 15) is 4.39 Å².